The Morgan fingerprint density at radius 2 is 1.95 bits per heavy atom. The van der Waals surface area contributed by atoms with Crippen LogP contribution in [0.25, 0.3) is 0 Å². The van der Waals surface area contributed by atoms with Crippen molar-refractivity contribution in [1.82, 2.24) is 0 Å². The van der Waals surface area contributed by atoms with Crippen LogP contribution in [0.15, 0.2) is 29.2 Å². The summed E-state index contributed by atoms with van der Waals surface area (Å²) >= 11 is 12.3. The predicted octanol–water partition coefficient (Wildman–Crippen LogP) is 3.70. The molecule has 0 amide bonds. The second kappa shape index (κ2) is 5.16. The summed E-state index contributed by atoms with van der Waals surface area (Å²) in [6, 6.07) is 4.32. The van der Waals surface area contributed by atoms with Crippen LogP contribution in [-0.4, -0.2) is 13.5 Å². The van der Waals surface area contributed by atoms with E-state index < -0.39 is 21.6 Å². The summed E-state index contributed by atoms with van der Waals surface area (Å²) in [4.78, 5) is -0.183. The zero-order chi connectivity index (χ0) is 14.2. The second-order valence-electron chi connectivity index (χ2n) is 3.46. The Bertz CT molecular complexity index is 730. The standard InChI is InChI=1S/C10H6Cl2FNO3S2/c11-9-4-8(10(12)18-9)19(16,17)14-5-1-2-7(15)6(13)3-5/h1-4,14-15H. The quantitative estimate of drug-likeness (QED) is 0.836. The molecule has 2 rings (SSSR count). The summed E-state index contributed by atoms with van der Waals surface area (Å²) in [6.07, 6.45) is 0. The fraction of sp³-hybridized carbons (Fsp3) is 0. The van der Waals surface area contributed by atoms with Crippen molar-refractivity contribution < 1.29 is 17.9 Å². The van der Waals surface area contributed by atoms with Gasteiger partial charge in [-0.2, -0.15) is 0 Å². The van der Waals surface area contributed by atoms with Gasteiger partial charge in [-0.1, -0.05) is 23.2 Å². The third kappa shape index (κ3) is 3.11. The zero-order valence-electron chi connectivity index (χ0n) is 9.02. The lowest BCUT2D eigenvalue weighted by atomic mass is 10.3. The maximum Gasteiger partial charge on any atom is 0.264 e. The Morgan fingerprint density at radius 1 is 1.26 bits per heavy atom. The van der Waals surface area contributed by atoms with Gasteiger partial charge in [0.2, 0.25) is 0 Å². The Balaban J connectivity index is 2.36. The first kappa shape index (κ1) is 14.4. The van der Waals surface area contributed by atoms with Gasteiger partial charge in [0.1, 0.15) is 9.23 Å². The molecular formula is C10H6Cl2FNO3S2. The summed E-state index contributed by atoms with van der Waals surface area (Å²) < 4.78 is 39.5. The van der Waals surface area contributed by atoms with Gasteiger partial charge in [-0.25, -0.2) is 12.8 Å². The number of phenols is 1. The van der Waals surface area contributed by atoms with Crippen molar-refractivity contribution in [2.75, 3.05) is 4.72 Å². The van der Waals surface area contributed by atoms with Crippen LogP contribution in [0.4, 0.5) is 10.1 Å². The lowest BCUT2D eigenvalue weighted by Gasteiger charge is -2.07. The van der Waals surface area contributed by atoms with Crippen LogP contribution in [0.2, 0.25) is 8.67 Å². The lowest BCUT2D eigenvalue weighted by molar-refractivity contribution is 0.432. The number of nitrogens with one attached hydrogen (secondary N) is 1. The van der Waals surface area contributed by atoms with Crippen LogP contribution in [0.5, 0.6) is 5.75 Å². The number of anilines is 1. The summed E-state index contributed by atoms with van der Waals surface area (Å²) in [5, 5.41) is 9.02. The van der Waals surface area contributed by atoms with Crippen LogP contribution in [0.1, 0.15) is 0 Å². The molecule has 0 aliphatic carbocycles. The number of rotatable bonds is 3. The van der Waals surface area contributed by atoms with Crippen molar-refractivity contribution in [2.45, 2.75) is 4.90 Å². The largest absolute Gasteiger partial charge is 0.505 e. The number of thiophene rings is 1. The Kier molecular flexibility index (Phi) is 3.91. The molecule has 0 unspecified atom stereocenters. The highest BCUT2D eigenvalue weighted by molar-refractivity contribution is 7.93. The number of aromatic hydroxyl groups is 1. The van der Waals surface area contributed by atoms with E-state index in [1.54, 1.807) is 0 Å². The monoisotopic (exact) mass is 341 g/mol. The number of sulfonamides is 1. The molecule has 0 aliphatic heterocycles. The highest BCUT2D eigenvalue weighted by Crippen LogP contribution is 2.35. The van der Waals surface area contributed by atoms with Gasteiger partial charge in [0.25, 0.3) is 10.0 Å². The summed E-state index contributed by atoms with van der Waals surface area (Å²) in [6.45, 7) is 0. The molecule has 0 saturated carbocycles. The molecule has 0 spiro atoms. The second-order valence-corrected chi connectivity index (χ2v) is 7.40. The van der Waals surface area contributed by atoms with Crippen LogP contribution >= 0.6 is 34.5 Å². The average Bonchev–Trinajstić information content (AvgIpc) is 2.63. The van der Waals surface area contributed by atoms with Gasteiger partial charge in [-0.3, -0.25) is 4.72 Å². The van der Waals surface area contributed by atoms with Crippen LogP contribution < -0.4 is 4.72 Å². The number of hydrogen-bond acceptors (Lipinski definition) is 4. The third-order valence-corrected chi connectivity index (χ3v) is 5.25. The maximum absolute atomic E-state index is 13.1. The highest BCUT2D eigenvalue weighted by Gasteiger charge is 2.21. The van der Waals surface area contributed by atoms with Gasteiger partial charge in [0.15, 0.2) is 11.6 Å². The molecule has 0 atom stereocenters. The van der Waals surface area contributed by atoms with E-state index >= 15 is 0 Å². The molecule has 2 N–H and O–H groups in total. The minimum atomic E-state index is -3.96. The molecule has 102 valence electrons. The van der Waals surface area contributed by atoms with Crippen molar-refractivity contribution in [3.63, 3.8) is 0 Å². The number of phenolic OH excluding ortho intramolecular Hbond substituents is 1. The number of benzene rings is 1. The maximum atomic E-state index is 13.1. The molecule has 0 aliphatic rings. The van der Waals surface area contributed by atoms with Gasteiger partial charge in [-0.15, -0.1) is 11.3 Å². The minimum absolute atomic E-state index is 0.0109. The zero-order valence-corrected chi connectivity index (χ0v) is 12.2. The molecule has 1 aromatic heterocycles. The number of halogens is 3. The molecule has 0 radical (unpaired) electrons. The minimum Gasteiger partial charge on any atom is -0.505 e. The molecule has 19 heavy (non-hydrogen) atoms. The van der Waals surface area contributed by atoms with Crippen LogP contribution in [0.3, 0.4) is 0 Å². The van der Waals surface area contributed by atoms with E-state index in [2.05, 4.69) is 4.72 Å². The van der Waals surface area contributed by atoms with Gasteiger partial charge in [-0.05, 0) is 18.2 Å². The van der Waals surface area contributed by atoms with Gasteiger partial charge in [0, 0.05) is 6.07 Å². The molecule has 0 bridgehead atoms. The van der Waals surface area contributed by atoms with E-state index in [-0.39, 0.29) is 19.3 Å². The SMILES string of the molecule is O=S(=O)(Nc1ccc(O)c(F)c1)c1cc(Cl)sc1Cl. The predicted molar refractivity (Wildman–Crippen MR) is 73.2 cm³/mol. The molecule has 4 nitrogen and oxygen atoms in total. The first-order chi connectivity index (χ1) is 8.79. The van der Waals surface area contributed by atoms with Crippen molar-refractivity contribution >= 4 is 50.2 Å². The smallest absolute Gasteiger partial charge is 0.264 e. The summed E-state index contributed by atoms with van der Waals surface area (Å²) in [7, 11) is -3.96. The van der Waals surface area contributed by atoms with Gasteiger partial charge >= 0.3 is 0 Å². The van der Waals surface area contributed by atoms with E-state index in [9.17, 15) is 12.8 Å². The van der Waals surface area contributed by atoms with Gasteiger partial charge < -0.3 is 5.11 Å². The lowest BCUT2D eigenvalue weighted by Crippen LogP contribution is -2.12. The van der Waals surface area contributed by atoms with Crippen LogP contribution in [0, 0.1) is 5.82 Å². The molecule has 0 saturated heterocycles. The molecule has 1 heterocycles. The molecule has 9 heteroatoms. The Morgan fingerprint density at radius 3 is 2.47 bits per heavy atom. The Labute approximate surface area is 122 Å². The average molecular weight is 342 g/mol. The highest BCUT2D eigenvalue weighted by atomic mass is 35.5. The summed E-state index contributed by atoms with van der Waals surface area (Å²) in [5.74, 6) is -1.51. The van der Waals surface area contributed by atoms with Crippen molar-refractivity contribution in [1.29, 1.82) is 0 Å². The molecular weight excluding hydrogens is 336 g/mol. The third-order valence-electron chi connectivity index (χ3n) is 2.11. The van der Waals surface area contributed by atoms with Crippen LogP contribution in [-0.2, 0) is 10.0 Å². The van der Waals surface area contributed by atoms with Crippen molar-refractivity contribution in [3.8, 4) is 5.75 Å². The Hall–Kier alpha value is -1.02. The van der Waals surface area contributed by atoms with E-state index in [4.69, 9.17) is 28.3 Å². The number of hydrogen-bond donors (Lipinski definition) is 2. The first-order valence-electron chi connectivity index (χ1n) is 4.76. The normalized spacial score (nSPS) is 11.5. The fourth-order valence-corrected chi connectivity index (χ4v) is 4.49. The van der Waals surface area contributed by atoms with Crippen molar-refractivity contribution in [2.24, 2.45) is 0 Å². The van der Waals surface area contributed by atoms with Gasteiger partial charge in [0.05, 0.1) is 10.0 Å². The first-order valence-corrected chi connectivity index (χ1v) is 7.81. The molecule has 1 aromatic carbocycles. The summed E-state index contributed by atoms with van der Waals surface area (Å²) in [5.41, 5.74) is -0.0336. The fourth-order valence-electron chi connectivity index (χ4n) is 1.29. The van der Waals surface area contributed by atoms with E-state index in [1.807, 2.05) is 0 Å². The van der Waals surface area contributed by atoms with E-state index in [1.165, 1.54) is 12.1 Å². The molecule has 0 fully saturated rings. The van der Waals surface area contributed by atoms with Crippen molar-refractivity contribution in [3.05, 3.63) is 38.8 Å². The topological polar surface area (TPSA) is 66.4 Å². The van der Waals surface area contributed by atoms with E-state index in [0.717, 1.165) is 23.5 Å². The molecule has 2 aromatic rings. The van der Waals surface area contributed by atoms with E-state index in [0.29, 0.717) is 0 Å².